The van der Waals surface area contributed by atoms with E-state index in [1.807, 2.05) is 44.4 Å². The number of nitrogens with one attached hydrogen (secondary N) is 1. The number of aliphatic hydroxyl groups is 1. The van der Waals surface area contributed by atoms with Crippen LogP contribution in [0.25, 0.3) is 0 Å². The van der Waals surface area contributed by atoms with E-state index in [2.05, 4.69) is 42.8 Å². The Morgan fingerprint density at radius 1 is 0.722 bits per heavy atom. The van der Waals surface area contributed by atoms with E-state index in [0.29, 0.717) is 71.4 Å². The van der Waals surface area contributed by atoms with Crippen LogP contribution in [0.3, 0.4) is 0 Å². The number of carbonyl (C=O) groups excluding carboxylic acids is 3. The second-order valence-electron chi connectivity index (χ2n) is 20.7. The number of hydrogen-bond donors (Lipinski definition) is 2. The summed E-state index contributed by atoms with van der Waals surface area (Å²) in [6, 6.07) is 10.8. The van der Waals surface area contributed by atoms with E-state index in [0.717, 1.165) is 68.8 Å². The number of carbonyl (C=O) groups is 3. The number of aliphatic hydroxyl groups excluding tert-OH is 1. The minimum absolute atomic E-state index is 0.0145. The highest BCUT2D eigenvalue weighted by Gasteiger charge is 2.62. The third-order valence-corrected chi connectivity index (χ3v) is 18.1. The minimum atomic E-state index is -0.291. The Hall–Kier alpha value is -2.61. The van der Waals surface area contributed by atoms with Crippen LogP contribution in [-0.2, 0) is 20.9 Å². The molecule has 9 unspecified atom stereocenters. The van der Waals surface area contributed by atoms with Crippen molar-refractivity contribution in [2.45, 2.75) is 161 Å². The van der Waals surface area contributed by atoms with Gasteiger partial charge in [0.05, 0.1) is 6.10 Å². The fourth-order valence-corrected chi connectivity index (χ4v) is 15.4. The van der Waals surface area contributed by atoms with E-state index in [1.54, 1.807) is 0 Å². The molecule has 2 heterocycles. The molecule has 14 atom stereocenters. The first-order chi connectivity index (χ1) is 25.6. The van der Waals surface area contributed by atoms with Crippen LogP contribution in [0.15, 0.2) is 30.3 Å². The summed E-state index contributed by atoms with van der Waals surface area (Å²) in [7, 11) is 4.04. The standard InChI is InChI=1S/C27H38N2O3.C19H31NO2/c1-26-13-11-21-20(9-10-23-27(21,2)14-12-24(30)29(23)3)22(26)15-19(16-26)32-25(31)28-17-18-7-5-4-6-8-18;1-18-8-6-14-13(15(18)10-12(21)11-18)4-5-16-19(14,2)9-7-17(22)20(16)3/h4-8,19-23H,9-17H2,1-3H3,(H,28,31);12-16,21H,4-11H2,1-3H3/t19?,20?,21?,22?,23?,26-,27-;12-,13?,14?,15?,16?,18+,19+/m10/s1. The van der Waals surface area contributed by atoms with Crippen molar-refractivity contribution in [1.29, 1.82) is 0 Å². The molecular formula is C46H69N3O5. The van der Waals surface area contributed by atoms with Gasteiger partial charge in [0.1, 0.15) is 6.10 Å². The molecule has 6 aliphatic carbocycles. The fraction of sp³-hybridized carbons (Fsp3) is 0.804. The Kier molecular flexibility index (Phi) is 9.99. The Balaban J connectivity index is 0.000000164. The lowest BCUT2D eigenvalue weighted by atomic mass is 9.47. The maximum atomic E-state index is 12.5. The summed E-state index contributed by atoms with van der Waals surface area (Å²) in [6.07, 6.45) is 17.0. The quantitative estimate of drug-likeness (QED) is 0.324. The summed E-state index contributed by atoms with van der Waals surface area (Å²) in [5, 5.41) is 13.2. The molecule has 8 fully saturated rings. The van der Waals surface area contributed by atoms with Gasteiger partial charge in [0.15, 0.2) is 0 Å². The summed E-state index contributed by atoms with van der Waals surface area (Å²) in [4.78, 5) is 41.1. The number of nitrogens with zero attached hydrogens (tertiary/aromatic N) is 2. The van der Waals surface area contributed by atoms with Crippen molar-refractivity contribution in [3.63, 3.8) is 0 Å². The van der Waals surface area contributed by atoms with Crippen molar-refractivity contribution in [2.75, 3.05) is 14.1 Å². The first-order valence-corrected chi connectivity index (χ1v) is 21.8. The SMILES string of the molecule is CN1C(=O)CC[C@]2(C)C3CC[C@]4(C)CC(OC(=O)NCc5ccccc5)CC4C3CCC12.CN1C(=O)CC[C@]2(C)C3CC[C@]4(C)C[C@@H](O)CC4C3CCC12. The van der Waals surface area contributed by atoms with Crippen LogP contribution in [0.5, 0.6) is 0 Å². The predicted octanol–water partition coefficient (Wildman–Crippen LogP) is 8.36. The van der Waals surface area contributed by atoms with Gasteiger partial charge in [0, 0.05) is 45.6 Å². The molecule has 0 bridgehead atoms. The molecule has 9 rings (SSSR count). The van der Waals surface area contributed by atoms with Gasteiger partial charge < -0.3 is 25.0 Å². The van der Waals surface area contributed by atoms with Gasteiger partial charge >= 0.3 is 6.09 Å². The number of likely N-dealkylation sites (tertiary alicyclic amines) is 2. The van der Waals surface area contributed by atoms with Crippen molar-refractivity contribution < 1.29 is 24.2 Å². The molecule has 8 aliphatic rings. The molecule has 1 aromatic carbocycles. The van der Waals surface area contributed by atoms with Gasteiger partial charge in [-0.15, -0.1) is 0 Å². The first kappa shape index (κ1) is 38.3. The van der Waals surface area contributed by atoms with Crippen LogP contribution < -0.4 is 5.32 Å². The molecule has 54 heavy (non-hydrogen) atoms. The third-order valence-electron chi connectivity index (χ3n) is 18.1. The molecular weight excluding hydrogens is 675 g/mol. The lowest BCUT2D eigenvalue weighted by molar-refractivity contribution is -0.157. The number of amides is 3. The van der Waals surface area contributed by atoms with Crippen molar-refractivity contribution >= 4 is 17.9 Å². The third kappa shape index (κ3) is 6.40. The van der Waals surface area contributed by atoms with E-state index in [-0.39, 0.29) is 29.1 Å². The average molecular weight is 744 g/mol. The van der Waals surface area contributed by atoms with Gasteiger partial charge in [0.25, 0.3) is 0 Å². The highest BCUT2D eigenvalue weighted by Crippen LogP contribution is 2.66. The van der Waals surface area contributed by atoms with Gasteiger partial charge in [-0.25, -0.2) is 4.79 Å². The van der Waals surface area contributed by atoms with E-state index < -0.39 is 0 Å². The topological polar surface area (TPSA) is 99.2 Å². The normalized spacial score (nSPS) is 46.4. The molecule has 0 spiro atoms. The van der Waals surface area contributed by atoms with Gasteiger partial charge in [-0.2, -0.15) is 0 Å². The van der Waals surface area contributed by atoms with E-state index in [9.17, 15) is 19.5 Å². The van der Waals surface area contributed by atoms with Crippen molar-refractivity contribution in [1.82, 2.24) is 15.1 Å². The fourth-order valence-electron chi connectivity index (χ4n) is 15.4. The lowest BCUT2D eigenvalue weighted by Gasteiger charge is -2.61. The summed E-state index contributed by atoms with van der Waals surface area (Å²) in [5.74, 6) is 4.90. The second-order valence-corrected chi connectivity index (χ2v) is 20.7. The van der Waals surface area contributed by atoms with E-state index >= 15 is 0 Å². The molecule has 8 nitrogen and oxygen atoms in total. The number of rotatable bonds is 3. The molecule has 2 aliphatic heterocycles. The number of ether oxygens (including phenoxy) is 1. The maximum absolute atomic E-state index is 12.5. The second kappa shape index (κ2) is 14.1. The molecule has 6 saturated carbocycles. The van der Waals surface area contributed by atoms with Gasteiger partial charge in [-0.3, -0.25) is 9.59 Å². The molecule has 8 heteroatoms. The zero-order valence-corrected chi connectivity index (χ0v) is 34.2. The van der Waals surface area contributed by atoms with E-state index in [1.165, 1.54) is 44.9 Å². The average Bonchev–Trinajstić information content (AvgIpc) is 3.65. The molecule has 0 aromatic heterocycles. The molecule has 2 N–H and O–H groups in total. The minimum Gasteiger partial charge on any atom is -0.446 e. The number of fused-ring (bicyclic) bond motifs is 10. The van der Waals surface area contributed by atoms with Gasteiger partial charge in [0.2, 0.25) is 11.8 Å². The smallest absolute Gasteiger partial charge is 0.407 e. The first-order valence-electron chi connectivity index (χ1n) is 21.8. The molecule has 1 aromatic rings. The summed E-state index contributed by atoms with van der Waals surface area (Å²) in [5.41, 5.74) is 2.27. The largest absolute Gasteiger partial charge is 0.446 e. The number of hydrogen-bond acceptors (Lipinski definition) is 5. The van der Waals surface area contributed by atoms with Crippen LogP contribution in [-0.4, -0.2) is 71.2 Å². The Morgan fingerprint density at radius 3 is 1.80 bits per heavy atom. The van der Waals surface area contributed by atoms with Crippen LogP contribution in [0, 0.1) is 57.2 Å². The number of piperidine rings is 2. The highest BCUT2D eigenvalue weighted by atomic mass is 16.6. The van der Waals surface area contributed by atoms with Gasteiger partial charge in [-0.1, -0.05) is 58.0 Å². The summed E-state index contributed by atoms with van der Waals surface area (Å²) >= 11 is 0. The monoisotopic (exact) mass is 744 g/mol. The molecule has 2 saturated heterocycles. The Bertz CT molecular complexity index is 1590. The zero-order chi connectivity index (χ0) is 38.2. The van der Waals surface area contributed by atoms with E-state index in [4.69, 9.17) is 4.74 Å². The predicted molar refractivity (Wildman–Crippen MR) is 210 cm³/mol. The molecule has 298 valence electrons. The Labute approximate surface area is 324 Å². The van der Waals surface area contributed by atoms with Crippen LogP contribution in [0.2, 0.25) is 0 Å². The number of benzene rings is 1. The van der Waals surface area contributed by atoms with Crippen LogP contribution in [0.4, 0.5) is 4.79 Å². The summed E-state index contributed by atoms with van der Waals surface area (Å²) < 4.78 is 5.93. The highest BCUT2D eigenvalue weighted by molar-refractivity contribution is 5.78. The van der Waals surface area contributed by atoms with Crippen LogP contribution in [0.1, 0.15) is 136 Å². The number of alkyl carbamates (subject to hydrolysis) is 1. The molecule has 0 radical (unpaired) electrons. The van der Waals surface area contributed by atoms with Crippen LogP contribution >= 0.6 is 0 Å². The maximum Gasteiger partial charge on any atom is 0.407 e. The van der Waals surface area contributed by atoms with Crippen molar-refractivity contribution in [3.05, 3.63) is 35.9 Å². The summed E-state index contributed by atoms with van der Waals surface area (Å²) in [6.45, 7) is 10.3. The van der Waals surface area contributed by atoms with Crippen molar-refractivity contribution in [2.24, 2.45) is 57.2 Å². The zero-order valence-electron chi connectivity index (χ0n) is 34.2. The lowest BCUT2D eigenvalue weighted by Crippen LogP contribution is -2.61. The molecule has 3 amide bonds. The van der Waals surface area contributed by atoms with Crippen molar-refractivity contribution in [3.8, 4) is 0 Å². The van der Waals surface area contributed by atoms with Gasteiger partial charge in [-0.05, 0) is 153 Å². The Morgan fingerprint density at radius 2 is 1.24 bits per heavy atom.